The maximum absolute atomic E-state index is 12.7. The maximum atomic E-state index is 12.7. The number of nitrogens with two attached hydrogens (primary N) is 1. The van der Waals surface area contributed by atoms with Gasteiger partial charge in [0.2, 0.25) is 5.91 Å². The van der Waals surface area contributed by atoms with Gasteiger partial charge < -0.3 is 20.4 Å². The molecule has 0 saturated carbocycles. The standard InChI is InChI=1S/C27H34N6O2/c1-27(2,28)26(34)29-23(18-35-17-19-8-4-3-5-9-19)25-31-30-24-16-32(12-13-33(24)25)22-14-20-10-6-7-11-21(20)15-22/h3-11,22-23H,12-18,28H2,1-2H3,(H,29,34)/t23-/m1/s1. The third-order valence-corrected chi connectivity index (χ3v) is 6.96. The number of rotatable bonds is 8. The highest BCUT2D eigenvalue weighted by atomic mass is 16.5. The van der Waals surface area contributed by atoms with Crippen LogP contribution in [0.25, 0.3) is 0 Å². The van der Waals surface area contributed by atoms with Crippen LogP contribution >= 0.6 is 0 Å². The van der Waals surface area contributed by atoms with E-state index in [0.29, 0.717) is 12.6 Å². The Morgan fingerprint density at radius 1 is 1.09 bits per heavy atom. The fourth-order valence-corrected chi connectivity index (χ4v) is 4.96. The summed E-state index contributed by atoms with van der Waals surface area (Å²) in [5, 5.41) is 12.1. The summed E-state index contributed by atoms with van der Waals surface area (Å²) >= 11 is 0. The second-order valence-corrected chi connectivity index (χ2v) is 10.2. The summed E-state index contributed by atoms with van der Waals surface area (Å²) in [7, 11) is 0. The molecule has 0 bridgehead atoms. The number of nitrogens with one attached hydrogen (secondary N) is 1. The van der Waals surface area contributed by atoms with Crippen LogP contribution in [0.3, 0.4) is 0 Å². The molecule has 2 aliphatic rings. The van der Waals surface area contributed by atoms with Crippen molar-refractivity contribution in [2.75, 3.05) is 13.2 Å². The van der Waals surface area contributed by atoms with Crippen LogP contribution in [0.1, 0.15) is 48.2 Å². The van der Waals surface area contributed by atoms with Crippen LogP contribution in [-0.2, 0) is 42.1 Å². The van der Waals surface area contributed by atoms with Crippen LogP contribution in [0.15, 0.2) is 54.6 Å². The van der Waals surface area contributed by atoms with Crippen molar-refractivity contribution in [3.8, 4) is 0 Å². The first-order valence-corrected chi connectivity index (χ1v) is 12.3. The highest BCUT2D eigenvalue weighted by Crippen LogP contribution is 2.28. The molecule has 3 N–H and O–H groups in total. The second kappa shape index (κ2) is 9.89. The number of fused-ring (bicyclic) bond motifs is 2. The highest BCUT2D eigenvalue weighted by Gasteiger charge is 2.33. The molecule has 2 aromatic carbocycles. The minimum Gasteiger partial charge on any atom is -0.374 e. The van der Waals surface area contributed by atoms with Crippen molar-refractivity contribution >= 4 is 5.91 Å². The van der Waals surface area contributed by atoms with Crippen LogP contribution in [0, 0.1) is 0 Å². The fourth-order valence-electron chi connectivity index (χ4n) is 4.96. The molecule has 8 nitrogen and oxygen atoms in total. The highest BCUT2D eigenvalue weighted by molar-refractivity contribution is 5.85. The summed E-state index contributed by atoms with van der Waals surface area (Å²) in [6.07, 6.45) is 2.16. The van der Waals surface area contributed by atoms with E-state index in [2.05, 4.69) is 49.2 Å². The van der Waals surface area contributed by atoms with Gasteiger partial charge in [0.1, 0.15) is 11.9 Å². The molecule has 1 amide bonds. The number of carbonyl (C=O) groups excluding carboxylic acids is 1. The Labute approximate surface area is 206 Å². The molecule has 1 aliphatic heterocycles. The van der Waals surface area contributed by atoms with Crippen molar-refractivity contribution in [1.29, 1.82) is 0 Å². The zero-order valence-electron chi connectivity index (χ0n) is 20.5. The molecule has 3 aromatic rings. The zero-order chi connectivity index (χ0) is 24.4. The Hall–Kier alpha value is -3.07. The van der Waals surface area contributed by atoms with Crippen LogP contribution in [0.4, 0.5) is 0 Å². The van der Waals surface area contributed by atoms with E-state index in [4.69, 9.17) is 10.5 Å². The van der Waals surface area contributed by atoms with E-state index < -0.39 is 11.6 Å². The maximum Gasteiger partial charge on any atom is 0.240 e. The topological polar surface area (TPSA) is 98.3 Å². The SMILES string of the molecule is CC(C)(N)C(=O)N[C@H](COCc1ccccc1)c1nnc2n1CCN(C1Cc3ccccc3C1)C2. The quantitative estimate of drug-likeness (QED) is 0.520. The number of carbonyl (C=O) groups is 1. The molecule has 1 aliphatic carbocycles. The summed E-state index contributed by atoms with van der Waals surface area (Å²) in [4.78, 5) is 15.3. The van der Waals surface area contributed by atoms with E-state index in [1.165, 1.54) is 11.1 Å². The van der Waals surface area contributed by atoms with Gasteiger partial charge in [-0.15, -0.1) is 10.2 Å². The number of nitrogens with zero attached hydrogens (tertiary/aromatic N) is 4. The largest absolute Gasteiger partial charge is 0.374 e. The number of amides is 1. The van der Waals surface area contributed by atoms with Crippen molar-refractivity contribution in [2.45, 2.75) is 64.0 Å². The molecule has 35 heavy (non-hydrogen) atoms. The van der Waals surface area contributed by atoms with Gasteiger partial charge >= 0.3 is 0 Å². The zero-order valence-corrected chi connectivity index (χ0v) is 20.5. The van der Waals surface area contributed by atoms with Gasteiger partial charge in [-0.2, -0.15) is 0 Å². The number of ether oxygens (including phenoxy) is 1. The van der Waals surface area contributed by atoms with Gasteiger partial charge in [0.05, 0.1) is 25.3 Å². The third kappa shape index (κ3) is 5.29. The van der Waals surface area contributed by atoms with Crippen LogP contribution < -0.4 is 11.1 Å². The van der Waals surface area contributed by atoms with Gasteiger partial charge in [-0.1, -0.05) is 54.6 Å². The van der Waals surface area contributed by atoms with Crippen molar-refractivity contribution in [3.05, 3.63) is 82.9 Å². The number of benzene rings is 2. The van der Waals surface area contributed by atoms with Crippen LogP contribution in [-0.4, -0.2) is 50.3 Å². The molecule has 0 saturated heterocycles. The number of hydrogen-bond donors (Lipinski definition) is 2. The normalized spacial score (nSPS) is 17.1. The lowest BCUT2D eigenvalue weighted by Crippen LogP contribution is -2.51. The molecule has 184 valence electrons. The molecule has 2 heterocycles. The molecule has 1 atom stereocenters. The molecular weight excluding hydrogens is 440 g/mol. The molecule has 5 rings (SSSR count). The molecular formula is C27H34N6O2. The predicted molar refractivity (Wildman–Crippen MR) is 133 cm³/mol. The van der Waals surface area contributed by atoms with Gasteiger partial charge in [0.15, 0.2) is 5.82 Å². The van der Waals surface area contributed by atoms with E-state index >= 15 is 0 Å². The number of hydrogen-bond acceptors (Lipinski definition) is 6. The average Bonchev–Trinajstić information content (AvgIpc) is 3.47. The Bertz CT molecular complexity index is 1140. The molecule has 8 heteroatoms. The Morgan fingerprint density at radius 2 is 1.77 bits per heavy atom. The van der Waals surface area contributed by atoms with Gasteiger partial charge in [-0.25, -0.2) is 0 Å². The Morgan fingerprint density at radius 3 is 2.46 bits per heavy atom. The van der Waals surface area contributed by atoms with Gasteiger partial charge in [-0.05, 0) is 43.4 Å². The summed E-state index contributed by atoms with van der Waals surface area (Å²) < 4.78 is 8.14. The predicted octanol–water partition coefficient (Wildman–Crippen LogP) is 2.37. The van der Waals surface area contributed by atoms with Gasteiger partial charge in [0, 0.05) is 19.1 Å². The average molecular weight is 475 g/mol. The van der Waals surface area contributed by atoms with Crippen molar-refractivity contribution in [3.63, 3.8) is 0 Å². The lowest BCUT2D eigenvalue weighted by atomic mass is 10.1. The first kappa shape index (κ1) is 23.7. The smallest absolute Gasteiger partial charge is 0.240 e. The van der Waals surface area contributed by atoms with Crippen LogP contribution in [0.2, 0.25) is 0 Å². The third-order valence-electron chi connectivity index (χ3n) is 6.96. The summed E-state index contributed by atoms with van der Waals surface area (Å²) in [6, 6.07) is 18.8. The summed E-state index contributed by atoms with van der Waals surface area (Å²) in [6.45, 7) is 6.58. The van der Waals surface area contributed by atoms with Crippen molar-refractivity contribution in [2.24, 2.45) is 5.73 Å². The first-order valence-electron chi connectivity index (χ1n) is 12.3. The molecule has 0 unspecified atom stereocenters. The van der Waals surface area contributed by atoms with Gasteiger partial charge in [0.25, 0.3) is 0 Å². The van der Waals surface area contributed by atoms with Crippen LogP contribution in [0.5, 0.6) is 0 Å². The first-order chi connectivity index (χ1) is 16.9. The molecule has 0 radical (unpaired) electrons. The van der Waals surface area contributed by atoms with E-state index in [0.717, 1.165) is 49.7 Å². The Kier molecular flexibility index (Phi) is 6.69. The molecule has 1 aromatic heterocycles. The Balaban J connectivity index is 1.29. The second-order valence-electron chi connectivity index (χ2n) is 10.2. The van der Waals surface area contributed by atoms with Gasteiger partial charge in [-0.3, -0.25) is 9.69 Å². The van der Waals surface area contributed by atoms with E-state index in [9.17, 15) is 4.79 Å². The summed E-state index contributed by atoms with van der Waals surface area (Å²) in [5.74, 6) is 1.40. The monoisotopic (exact) mass is 474 g/mol. The van der Waals surface area contributed by atoms with Crippen molar-refractivity contribution in [1.82, 2.24) is 25.0 Å². The molecule has 0 fully saturated rings. The fraction of sp³-hybridized carbons (Fsp3) is 0.444. The molecule has 0 spiro atoms. The summed E-state index contributed by atoms with van der Waals surface area (Å²) in [5.41, 5.74) is 9.04. The van der Waals surface area contributed by atoms with E-state index in [1.54, 1.807) is 13.8 Å². The number of aromatic nitrogens is 3. The minimum absolute atomic E-state index is 0.246. The minimum atomic E-state index is -1.00. The van der Waals surface area contributed by atoms with Crippen molar-refractivity contribution < 1.29 is 9.53 Å². The lowest BCUT2D eigenvalue weighted by molar-refractivity contribution is -0.126. The lowest BCUT2D eigenvalue weighted by Gasteiger charge is -2.33. The van der Waals surface area contributed by atoms with E-state index in [-0.39, 0.29) is 12.5 Å². The van der Waals surface area contributed by atoms with E-state index in [1.807, 2.05) is 30.3 Å².